The van der Waals surface area contributed by atoms with Gasteiger partial charge in [-0.2, -0.15) is 0 Å². The molecule has 2 fully saturated rings. The second-order valence-corrected chi connectivity index (χ2v) is 8.48. The molecule has 2 aliphatic heterocycles. The van der Waals surface area contributed by atoms with Crippen molar-refractivity contribution in [2.75, 3.05) is 0 Å². The van der Waals surface area contributed by atoms with Crippen molar-refractivity contribution in [3.05, 3.63) is 65.7 Å². The van der Waals surface area contributed by atoms with Crippen molar-refractivity contribution in [2.24, 2.45) is 0 Å². The van der Waals surface area contributed by atoms with E-state index in [1.165, 1.54) is 30.7 Å². The predicted molar refractivity (Wildman–Crippen MR) is 110 cm³/mol. The molecule has 0 aliphatic carbocycles. The summed E-state index contributed by atoms with van der Waals surface area (Å²) in [5.74, 6) is -1.87. The number of nitrogens with one attached hydrogen (secondary N) is 2. The van der Waals surface area contributed by atoms with Crippen LogP contribution in [0.2, 0.25) is 0 Å². The van der Waals surface area contributed by atoms with Crippen molar-refractivity contribution in [2.45, 2.75) is 54.0 Å². The number of halogens is 3. The Labute approximate surface area is 174 Å². The average Bonchev–Trinajstić information content (AvgIpc) is 3.01. The first-order valence-electron chi connectivity index (χ1n) is 9.31. The maximum absolute atomic E-state index is 13.6. The average molecular weight is 425 g/mol. The Balaban J connectivity index is 0.00000225. The number of carbonyl (C=O) groups is 1. The van der Waals surface area contributed by atoms with Crippen molar-refractivity contribution in [1.82, 2.24) is 10.6 Å². The van der Waals surface area contributed by atoms with Crippen molar-refractivity contribution < 1.29 is 13.6 Å². The van der Waals surface area contributed by atoms with E-state index >= 15 is 0 Å². The topological polar surface area (TPSA) is 41.1 Å². The number of benzene rings is 2. The summed E-state index contributed by atoms with van der Waals surface area (Å²) in [6.45, 7) is 0. The third-order valence-electron chi connectivity index (χ3n) is 5.30. The number of fused-ring (bicyclic) bond motifs is 2. The van der Waals surface area contributed by atoms with Gasteiger partial charge in [0.2, 0.25) is 5.91 Å². The van der Waals surface area contributed by atoms with Gasteiger partial charge in [0.05, 0.1) is 0 Å². The number of hydrogen-bond acceptors (Lipinski definition) is 3. The molecule has 2 aromatic rings. The Morgan fingerprint density at radius 2 is 1.71 bits per heavy atom. The van der Waals surface area contributed by atoms with Crippen LogP contribution in [0.3, 0.4) is 0 Å². The lowest BCUT2D eigenvalue weighted by Crippen LogP contribution is -2.48. The van der Waals surface area contributed by atoms with Gasteiger partial charge in [-0.25, -0.2) is 8.78 Å². The van der Waals surface area contributed by atoms with E-state index in [-0.39, 0.29) is 24.4 Å². The van der Waals surface area contributed by atoms with Crippen LogP contribution in [-0.4, -0.2) is 24.0 Å². The summed E-state index contributed by atoms with van der Waals surface area (Å²) in [5.41, 5.74) is 0.849. The Morgan fingerprint density at radius 3 is 2.36 bits per heavy atom. The first-order chi connectivity index (χ1) is 13.1. The Morgan fingerprint density at radius 1 is 1.04 bits per heavy atom. The molecule has 2 bridgehead atoms. The molecule has 0 aromatic heterocycles. The second kappa shape index (κ2) is 9.25. The first kappa shape index (κ1) is 21.1. The minimum absolute atomic E-state index is 0. The lowest BCUT2D eigenvalue weighted by molar-refractivity contribution is -0.121. The maximum Gasteiger partial charge on any atom is 0.238 e. The van der Waals surface area contributed by atoms with Crippen LogP contribution in [0.25, 0.3) is 0 Å². The van der Waals surface area contributed by atoms with Gasteiger partial charge in [0.15, 0.2) is 11.6 Å². The number of hydrogen-bond donors (Lipinski definition) is 2. The summed E-state index contributed by atoms with van der Waals surface area (Å²) in [6, 6.07) is 14.3. The number of thioether (sulfide) groups is 1. The van der Waals surface area contributed by atoms with Gasteiger partial charge in [0.25, 0.3) is 0 Å². The van der Waals surface area contributed by atoms with Crippen molar-refractivity contribution in [3.8, 4) is 0 Å². The van der Waals surface area contributed by atoms with Gasteiger partial charge in [0.1, 0.15) is 5.25 Å². The highest BCUT2D eigenvalue weighted by Crippen LogP contribution is 2.36. The molecule has 0 saturated carbocycles. The minimum Gasteiger partial charge on any atom is -0.352 e. The van der Waals surface area contributed by atoms with Crippen LogP contribution in [0.15, 0.2) is 53.4 Å². The van der Waals surface area contributed by atoms with E-state index < -0.39 is 16.9 Å². The third kappa shape index (κ3) is 4.85. The molecule has 0 spiro atoms. The number of rotatable bonds is 5. The van der Waals surface area contributed by atoms with Gasteiger partial charge < -0.3 is 10.6 Å². The van der Waals surface area contributed by atoms with Gasteiger partial charge in [-0.1, -0.05) is 30.3 Å². The molecule has 3 atom stereocenters. The maximum atomic E-state index is 13.6. The molecule has 2 aliphatic rings. The fourth-order valence-electron chi connectivity index (χ4n) is 4.04. The molecular weight excluding hydrogens is 402 g/mol. The van der Waals surface area contributed by atoms with E-state index in [1.54, 1.807) is 0 Å². The molecular formula is C21H23ClF2N2OS. The molecule has 0 radical (unpaired) electrons. The Bertz CT molecular complexity index is 811. The molecule has 7 heteroatoms. The molecule has 4 rings (SSSR count). The number of carbonyl (C=O) groups excluding carboxylic acids is 1. The second-order valence-electron chi connectivity index (χ2n) is 7.30. The van der Waals surface area contributed by atoms with E-state index in [0.717, 1.165) is 30.5 Å². The first-order valence-corrected chi connectivity index (χ1v) is 10.2. The van der Waals surface area contributed by atoms with Crippen LogP contribution in [0.1, 0.15) is 36.5 Å². The molecule has 28 heavy (non-hydrogen) atoms. The van der Waals surface area contributed by atoms with Crippen molar-refractivity contribution in [1.29, 1.82) is 0 Å². The third-order valence-corrected chi connectivity index (χ3v) is 6.55. The van der Waals surface area contributed by atoms with Gasteiger partial charge in [0, 0.05) is 23.0 Å². The van der Waals surface area contributed by atoms with Crippen LogP contribution >= 0.6 is 24.2 Å². The highest BCUT2D eigenvalue weighted by atomic mass is 35.5. The number of piperidine rings is 1. The standard InChI is InChI=1S/C21H22F2N2OS.ClH/c22-18-9-8-17(12-19(18)23)27-20(13-4-2-1-3-5-13)21(26)25-16-10-14-6-7-15(11-16)24-14;/h1-5,8-9,12,14-16,20,24H,6-7,10-11H2,(H,25,26);1H. The zero-order valence-electron chi connectivity index (χ0n) is 15.2. The summed E-state index contributed by atoms with van der Waals surface area (Å²) in [6.07, 6.45) is 4.23. The van der Waals surface area contributed by atoms with E-state index in [0.29, 0.717) is 17.0 Å². The lowest BCUT2D eigenvalue weighted by Gasteiger charge is -2.31. The zero-order valence-corrected chi connectivity index (χ0v) is 16.9. The molecule has 150 valence electrons. The largest absolute Gasteiger partial charge is 0.352 e. The lowest BCUT2D eigenvalue weighted by atomic mass is 9.99. The molecule has 3 unspecified atom stereocenters. The Kier molecular flexibility index (Phi) is 6.96. The van der Waals surface area contributed by atoms with Gasteiger partial charge in [-0.3, -0.25) is 4.79 Å². The zero-order chi connectivity index (χ0) is 18.8. The highest BCUT2D eigenvalue weighted by Gasteiger charge is 2.35. The molecule has 1 amide bonds. The summed E-state index contributed by atoms with van der Waals surface area (Å²) in [5, 5.41) is 6.26. The van der Waals surface area contributed by atoms with E-state index in [1.807, 2.05) is 30.3 Å². The molecule has 2 aromatic carbocycles. The fourth-order valence-corrected chi connectivity index (χ4v) is 5.10. The monoisotopic (exact) mass is 424 g/mol. The molecule has 2 heterocycles. The minimum atomic E-state index is -0.901. The van der Waals surface area contributed by atoms with Crippen LogP contribution in [0.4, 0.5) is 8.78 Å². The van der Waals surface area contributed by atoms with E-state index in [2.05, 4.69) is 10.6 Å². The van der Waals surface area contributed by atoms with E-state index in [4.69, 9.17) is 0 Å². The quantitative estimate of drug-likeness (QED) is 0.688. The van der Waals surface area contributed by atoms with Crippen LogP contribution in [0.5, 0.6) is 0 Å². The SMILES string of the molecule is Cl.O=C(NC1CC2CCC(C1)N2)C(Sc1ccc(F)c(F)c1)c1ccccc1. The van der Waals surface area contributed by atoms with Gasteiger partial charge in [-0.15, -0.1) is 24.2 Å². The van der Waals surface area contributed by atoms with Crippen LogP contribution in [-0.2, 0) is 4.79 Å². The normalized spacial score (nSPS) is 24.3. The van der Waals surface area contributed by atoms with Crippen LogP contribution in [0, 0.1) is 11.6 Å². The highest BCUT2D eigenvalue weighted by molar-refractivity contribution is 8.00. The predicted octanol–water partition coefficient (Wildman–Crippen LogP) is 4.62. The van der Waals surface area contributed by atoms with Crippen molar-refractivity contribution in [3.63, 3.8) is 0 Å². The fraction of sp³-hybridized carbons (Fsp3) is 0.381. The summed E-state index contributed by atoms with van der Waals surface area (Å²) in [4.78, 5) is 13.6. The van der Waals surface area contributed by atoms with Gasteiger partial charge in [-0.05, 0) is 49.4 Å². The van der Waals surface area contributed by atoms with Gasteiger partial charge >= 0.3 is 0 Å². The summed E-state index contributed by atoms with van der Waals surface area (Å²) >= 11 is 1.24. The smallest absolute Gasteiger partial charge is 0.238 e. The van der Waals surface area contributed by atoms with Crippen LogP contribution < -0.4 is 10.6 Å². The summed E-state index contributed by atoms with van der Waals surface area (Å²) < 4.78 is 26.8. The summed E-state index contributed by atoms with van der Waals surface area (Å²) in [7, 11) is 0. The molecule has 2 N–H and O–H groups in total. The molecule has 2 saturated heterocycles. The Hall–Kier alpha value is -1.63. The van der Waals surface area contributed by atoms with Crippen molar-refractivity contribution >= 4 is 30.1 Å². The number of amides is 1. The molecule has 3 nitrogen and oxygen atoms in total. The van der Waals surface area contributed by atoms with E-state index in [9.17, 15) is 13.6 Å².